The molecule has 60 heavy (non-hydrogen) atoms. The summed E-state index contributed by atoms with van der Waals surface area (Å²) in [6.07, 6.45) is 3.07. The van der Waals surface area contributed by atoms with Crippen molar-refractivity contribution >= 4 is 22.5 Å². The minimum Gasteiger partial charge on any atom is -0.491 e. The summed E-state index contributed by atoms with van der Waals surface area (Å²) in [6.45, 7) is 19.4. The van der Waals surface area contributed by atoms with Gasteiger partial charge in [0, 0.05) is 16.5 Å². The van der Waals surface area contributed by atoms with Gasteiger partial charge in [0.15, 0.2) is 0 Å². The SMILES string of the molecule is CCc1ccc(C(c2ccc(OCCOCCOc3cccc4c(OCCOCCSC)cccc34)cc2)(c2ccc(C(C)(C)C)cc2)c2ccc(C(C)(C)C)cc2)cc1. The lowest BCUT2D eigenvalue weighted by atomic mass is 9.64. The van der Waals surface area contributed by atoms with Crippen LogP contribution in [0.5, 0.6) is 17.2 Å². The van der Waals surface area contributed by atoms with Crippen LogP contribution in [-0.4, -0.2) is 58.3 Å². The molecule has 0 spiro atoms. The maximum Gasteiger partial charge on any atom is 0.127 e. The smallest absolute Gasteiger partial charge is 0.127 e. The van der Waals surface area contributed by atoms with Crippen molar-refractivity contribution in [3.05, 3.63) is 172 Å². The highest BCUT2D eigenvalue weighted by Gasteiger charge is 2.39. The zero-order valence-electron chi connectivity index (χ0n) is 37.0. The molecule has 6 aromatic carbocycles. The first kappa shape index (κ1) is 44.8. The molecular formula is C54H64O5S. The summed E-state index contributed by atoms with van der Waals surface area (Å²) in [7, 11) is 0. The van der Waals surface area contributed by atoms with E-state index in [0.717, 1.165) is 46.8 Å². The van der Waals surface area contributed by atoms with Crippen molar-refractivity contribution < 1.29 is 23.7 Å². The van der Waals surface area contributed by atoms with Crippen LogP contribution in [0.25, 0.3) is 10.8 Å². The summed E-state index contributed by atoms with van der Waals surface area (Å²) in [5.41, 5.74) is 8.37. The molecule has 0 radical (unpaired) electrons. The summed E-state index contributed by atoms with van der Waals surface area (Å²) in [4.78, 5) is 0. The summed E-state index contributed by atoms with van der Waals surface area (Å²) in [5.74, 6) is 3.43. The van der Waals surface area contributed by atoms with E-state index < -0.39 is 5.41 Å². The second-order valence-electron chi connectivity index (χ2n) is 17.3. The van der Waals surface area contributed by atoms with Gasteiger partial charge < -0.3 is 23.7 Å². The molecule has 6 aromatic rings. The lowest BCUT2D eigenvalue weighted by Gasteiger charge is -2.38. The van der Waals surface area contributed by atoms with Crippen molar-refractivity contribution in [2.75, 3.05) is 58.3 Å². The molecule has 0 amide bonds. The third-order valence-electron chi connectivity index (χ3n) is 11.2. The Balaban J connectivity index is 1.14. The molecule has 0 aliphatic rings. The van der Waals surface area contributed by atoms with Gasteiger partial charge in [-0.05, 0) is 86.7 Å². The fraction of sp³-hybridized carbons (Fsp3) is 0.370. The Morgan fingerprint density at radius 3 is 1.22 bits per heavy atom. The van der Waals surface area contributed by atoms with Gasteiger partial charge in [0.1, 0.15) is 37.1 Å². The first-order valence-electron chi connectivity index (χ1n) is 21.4. The van der Waals surface area contributed by atoms with E-state index in [0.29, 0.717) is 39.6 Å². The molecule has 0 heterocycles. The summed E-state index contributed by atoms with van der Waals surface area (Å²) < 4.78 is 30.1. The van der Waals surface area contributed by atoms with Gasteiger partial charge in [-0.3, -0.25) is 0 Å². The molecule has 0 aliphatic heterocycles. The van der Waals surface area contributed by atoms with Crippen molar-refractivity contribution in [2.45, 2.75) is 71.1 Å². The number of fused-ring (bicyclic) bond motifs is 1. The maximum atomic E-state index is 6.23. The summed E-state index contributed by atoms with van der Waals surface area (Å²) in [6, 6.07) is 48.5. The van der Waals surface area contributed by atoms with E-state index in [1.807, 2.05) is 24.3 Å². The monoisotopic (exact) mass is 824 g/mol. The van der Waals surface area contributed by atoms with Crippen LogP contribution >= 0.6 is 11.8 Å². The standard InChI is InChI=1S/C54H64O5S/c1-9-40-16-18-43(19-17-40)54(44-24-20-41(21-25-44)52(2,3)4,45-26-22-42(23-27-45)53(5,6)7)46-28-30-47(31-29-46)57-35-32-55-33-36-58-50-14-10-13-49-48(50)12-11-15-51(49)59-37-34-56-38-39-60-8/h10-31H,9,32-39H2,1-8H3. The first-order chi connectivity index (χ1) is 28.9. The average molecular weight is 825 g/mol. The van der Waals surface area contributed by atoms with E-state index in [9.17, 15) is 0 Å². The van der Waals surface area contributed by atoms with Gasteiger partial charge in [-0.15, -0.1) is 0 Å². The van der Waals surface area contributed by atoms with Crippen LogP contribution in [0.2, 0.25) is 0 Å². The molecule has 0 saturated heterocycles. The Morgan fingerprint density at radius 1 is 0.417 bits per heavy atom. The Labute approximate surface area is 363 Å². The van der Waals surface area contributed by atoms with E-state index in [-0.39, 0.29) is 10.8 Å². The number of thioether (sulfide) groups is 1. The zero-order valence-corrected chi connectivity index (χ0v) is 37.8. The second kappa shape index (κ2) is 20.7. The molecule has 5 nitrogen and oxygen atoms in total. The average Bonchev–Trinajstić information content (AvgIpc) is 3.25. The molecule has 0 atom stereocenters. The fourth-order valence-corrected chi connectivity index (χ4v) is 8.01. The molecule has 0 N–H and O–H groups in total. The van der Waals surface area contributed by atoms with Gasteiger partial charge in [0.25, 0.3) is 0 Å². The molecule has 0 unspecified atom stereocenters. The minimum absolute atomic E-state index is 0.0496. The number of hydrogen-bond donors (Lipinski definition) is 0. The van der Waals surface area contributed by atoms with Crippen LogP contribution in [0.3, 0.4) is 0 Å². The Kier molecular flexibility index (Phi) is 15.4. The van der Waals surface area contributed by atoms with Crippen molar-refractivity contribution in [3.63, 3.8) is 0 Å². The Morgan fingerprint density at radius 2 is 0.800 bits per heavy atom. The zero-order chi connectivity index (χ0) is 42.6. The van der Waals surface area contributed by atoms with Crippen LogP contribution < -0.4 is 14.2 Å². The maximum absolute atomic E-state index is 6.23. The van der Waals surface area contributed by atoms with Gasteiger partial charge >= 0.3 is 0 Å². The normalized spacial score (nSPS) is 12.1. The molecule has 0 saturated carbocycles. The van der Waals surface area contributed by atoms with E-state index >= 15 is 0 Å². The van der Waals surface area contributed by atoms with Crippen LogP contribution in [0.15, 0.2) is 133 Å². The molecule has 0 aromatic heterocycles. The highest BCUT2D eigenvalue weighted by Crippen LogP contribution is 2.46. The van der Waals surface area contributed by atoms with Crippen molar-refractivity contribution in [3.8, 4) is 17.2 Å². The predicted octanol–water partition coefficient (Wildman–Crippen LogP) is 12.6. The quantitative estimate of drug-likeness (QED) is 0.0564. The van der Waals surface area contributed by atoms with Gasteiger partial charge in [-0.1, -0.05) is 158 Å². The Hall–Kier alpha value is -4.75. The van der Waals surface area contributed by atoms with Crippen LogP contribution in [-0.2, 0) is 32.1 Å². The van der Waals surface area contributed by atoms with E-state index in [1.165, 1.54) is 38.9 Å². The third-order valence-corrected chi connectivity index (χ3v) is 11.8. The summed E-state index contributed by atoms with van der Waals surface area (Å²) in [5, 5.41) is 2.03. The van der Waals surface area contributed by atoms with Gasteiger partial charge in [0.2, 0.25) is 0 Å². The van der Waals surface area contributed by atoms with Crippen molar-refractivity contribution in [2.24, 2.45) is 0 Å². The number of aryl methyl sites for hydroxylation is 1. The summed E-state index contributed by atoms with van der Waals surface area (Å²) >= 11 is 1.78. The molecule has 6 rings (SSSR count). The largest absolute Gasteiger partial charge is 0.491 e. The van der Waals surface area contributed by atoms with E-state index in [2.05, 4.69) is 164 Å². The number of rotatable bonds is 20. The van der Waals surface area contributed by atoms with Crippen LogP contribution in [0.4, 0.5) is 0 Å². The fourth-order valence-electron chi connectivity index (χ4n) is 7.72. The molecule has 0 aliphatic carbocycles. The Bertz CT molecular complexity index is 2160. The second-order valence-corrected chi connectivity index (χ2v) is 18.3. The molecular weight excluding hydrogens is 761 g/mol. The van der Waals surface area contributed by atoms with Gasteiger partial charge in [-0.25, -0.2) is 0 Å². The topological polar surface area (TPSA) is 46.2 Å². The van der Waals surface area contributed by atoms with Gasteiger partial charge in [-0.2, -0.15) is 11.8 Å². The minimum atomic E-state index is -0.554. The lowest BCUT2D eigenvalue weighted by molar-refractivity contribution is 0.0768. The molecule has 0 bridgehead atoms. The molecule has 6 heteroatoms. The van der Waals surface area contributed by atoms with Crippen LogP contribution in [0, 0.1) is 0 Å². The predicted molar refractivity (Wildman–Crippen MR) is 252 cm³/mol. The molecule has 0 fully saturated rings. The lowest BCUT2D eigenvalue weighted by Crippen LogP contribution is -2.31. The van der Waals surface area contributed by atoms with Crippen LogP contribution in [0.1, 0.15) is 87.4 Å². The number of hydrogen-bond acceptors (Lipinski definition) is 6. The number of benzene rings is 6. The van der Waals surface area contributed by atoms with Crippen molar-refractivity contribution in [1.29, 1.82) is 0 Å². The highest BCUT2D eigenvalue weighted by molar-refractivity contribution is 7.98. The van der Waals surface area contributed by atoms with E-state index in [1.54, 1.807) is 11.8 Å². The van der Waals surface area contributed by atoms with E-state index in [4.69, 9.17) is 23.7 Å². The third kappa shape index (κ3) is 10.9. The van der Waals surface area contributed by atoms with Gasteiger partial charge in [0.05, 0.1) is 31.8 Å². The molecule has 316 valence electrons. The first-order valence-corrected chi connectivity index (χ1v) is 22.8. The van der Waals surface area contributed by atoms with Crippen molar-refractivity contribution in [1.82, 2.24) is 0 Å². The number of ether oxygens (including phenoxy) is 5. The highest BCUT2D eigenvalue weighted by atomic mass is 32.2.